The molecule has 1 aromatic heterocycles. The molecule has 4 heteroatoms. The molecule has 0 bridgehead atoms. The number of rotatable bonds is 2. The molecule has 3 heterocycles. The number of aromatic nitrogens is 1. The van der Waals surface area contributed by atoms with Gasteiger partial charge >= 0.3 is 20.1 Å². The molecule has 3 nitrogen and oxygen atoms in total. The third kappa shape index (κ3) is 5.01. The van der Waals surface area contributed by atoms with Gasteiger partial charge in [0.15, 0.2) is 0 Å². The quantitative estimate of drug-likeness (QED) is 0.192. The van der Waals surface area contributed by atoms with Gasteiger partial charge in [0.2, 0.25) is 0 Å². The van der Waals surface area contributed by atoms with Gasteiger partial charge in [-0.3, -0.25) is 0 Å². The number of hydrogen-bond donors (Lipinski definition) is 0. The van der Waals surface area contributed by atoms with Crippen LogP contribution in [0.3, 0.4) is 0 Å². The Bertz CT molecular complexity index is 1530. The monoisotopic (exact) mass is 733 g/mol. The molecule has 0 saturated carbocycles. The SMILES string of the molecule is CC(C)N1[CH-]N2c3[c-]c4c(cc3C(C)(C)c3cccc1c32)C(C)(C)CCC4(C)C.[Ir+3].[c-]1ccccc1-c1ccccn1. The summed E-state index contributed by atoms with van der Waals surface area (Å²) in [7, 11) is 0. The smallest absolute Gasteiger partial charge is 0.499 e. The predicted octanol–water partition coefficient (Wildman–Crippen LogP) is 9.51. The van der Waals surface area contributed by atoms with Gasteiger partial charge in [0.25, 0.3) is 0 Å². The first-order chi connectivity index (χ1) is 19.4. The van der Waals surface area contributed by atoms with Crippen LogP contribution in [0.15, 0.2) is 72.9 Å². The Hall–Kier alpha value is -2.94. The zero-order valence-corrected chi connectivity index (χ0v) is 28.6. The van der Waals surface area contributed by atoms with E-state index >= 15 is 0 Å². The first-order valence-electron chi connectivity index (χ1n) is 15.0. The summed E-state index contributed by atoms with van der Waals surface area (Å²) >= 11 is 0. The molecule has 218 valence electrons. The van der Waals surface area contributed by atoms with Crippen LogP contribution in [0.2, 0.25) is 0 Å². The van der Waals surface area contributed by atoms with Crippen LogP contribution < -0.4 is 9.80 Å². The van der Waals surface area contributed by atoms with Gasteiger partial charge in [-0.2, -0.15) is 24.4 Å². The van der Waals surface area contributed by atoms with E-state index in [4.69, 9.17) is 0 Å². The minimum atomic E-state index is -0.0405. The van der Waals surface area contributed by atoms with Crippen molar-refractivity contribution in [1.29, 1.82) is 0 Å². The maximum absolute atomic E-state index is 4.22. The number of benzene rings is 3. The summed E-state index contributed by atoms with van der Waals surface area (Å²) in [5, 5.41) is 0. The Morgan fingerprint density at radius 3 is 2.24 bits per heavy atom. The van der Waals surface area contributed by atoms with Crippen LogP contribution in [0.4, 0.5) is 17.1 Å². The molecule has 0 fully saturated rings. The van der Waals surface area contributed by atoms with E-state index in [2.05, 4.69) is 113 Å². The van der Waals surface area contributed by atoms with Crippen LogP contribution in [-0.2, 0) is 36.4 Å². The number of fused-ring (bicyclic) bond motifs is 3. The molecule has 0 spiro atoms. The molecule has 0 unspecified atom stereocenters. The molecule has 0 amide bonds. The fraction of sp³-hybridized carbons (Fsp3) is 0.368. The average Bonchev–Trinajstić information content (AvgIpc) is 3.36. The van der Waals surface area contributed by atoms with E-state index in [1.54, 1.807) is 6.20 Å². The minimum Gasteiger partial charge on any atom is -0.499 e. The standard InChI is InChI=1S/C27H34N2.C11H8N.Ir/c1-17(2)28-16-29-23-15-20-19(25(3,4)12-13-26(20,5)6)14-21(23)27(7,8)18-10-9-11-22(28)24(18)29;1-2-6-10(7-3-1)11-8-4-5-9-12-11;/h9-11,14,16-17H,12-13H2,1-8H3;1-6,8-9H;/q-2;-1;+3. The second kappa shape index (κ2) is 11.0. The van der Waals surface area contributed by atoms with Crippen LogP contribution in [0.5, 0.6) is 0 Å². The van der Waals surface area contributed by atoms with Gasteiger partial charge in [-0.25, -0.2) is 0 Å². The maximum atomic E-state index is 4.22. The minimum absolute atomic E-state index is 0. The number of nitrogens with zero attached hydrogens (tertiary/aromatic N) is 3. The molecule has 7 rings (SSSR count). The Labute approximate surface area is 266 Å². The van der Waals surface area contributed by atoms with Crippen molar-refractivity contribution in [3.63, 3.8) is 0 Å². The zero-order valence-electron chi connectivity index (χ0n) is 26.2. The fourth-order valence-corrected chi connectivity index (χ4v) is 6.70. The van der Waals surface area contributed by atoms with Crippen molar-refractivity contribution in [1.82, 2.24) is 4.98 Å². The van der Waals surface area contributed by atoms with Crippen LogP contribution in [0.1, 0.15) is 90.5 Å². The molecule has 1 aliphatic carbocycles. The topological polar surface area (TPSA) is 19.4 Å². The first-order valence-corrected chi connectivity index (χ1v) is 15.0. The van der Waals surface area contributed by atoms with Crippen molar-refractivity contribution in [3.05, 3.63) is 114 Å². The molecule has 3 aliphatic rings. The average molecular weight is 733 g/mol. The first kappa shape index (κ1) is 30.5. The summed E-state index contributed by atoms with van der Waals surface area (Å²) < 4.78 is 0. The van der Waals surface area contributed by atoms with E-state index in [1.165, 1.54) is 52.2 Å². The summed E-state index contributed by atoms with van der Waals surface area (Å²) in [6.07, 6.45) is 4.24. The maximum Gasteiger partial charge on any atom is 3.00 e. The second-order valence-corrected chi connectivity index (χ2v) is 13.9. The molecule has 0 radical (unpaired) electrons. The van der Waals surface area contributed by atoms with Crippen molar-refractivity contribution in [2.24, 2.45) is 0 Å². The van der Waals surface area contributed by atoms with Crippen molar-refractivity contribution in [3.8, 4) is 11.3 Å². The number of anilines is 3. The van der Waals surface area contributed by atoms with E-state index in [0.29, 0.717) is 6.04 Å². The Morgan fingerprint density at radius 2 is 1.57 bits per heavy atom. The predicted molar refractivity (Wildman–Crippen MR) is 172 cm³/mol. The largest absolute Gasteiger partial charge is 3.00 e. The van der Waals surface area contributed by atoms with E-state index in [9.17, 15) is 0 Å². The number of pyridine rings is 1. The van der Waals surface area contributed by atoms with Gasteiger partial charge in [-0.15, -0.1) is 47.0 Å². The molecule has 0 N–H and O–H groups in total. The summed E-state index contributed by atoms with van der Waals surface area (Å²) in [4.78, 5) is 9.05. The van der Waals surface area contributed by atoms with Gasteiger partial charge in [0, 0.05) is 17.6 Å². The molecular formula is C38H42IrN3. The normalized spacial score (nSPS) is 18.2. The Kier molecular flexibility index (Phi) is 7.96. The third-order valence-electron chi connectivity index (χ3n) is 9.40. The van der Waals surface area contributed by atoms with Crippen molar-refractivity contribution < 1.29 is 20.1 Å². The molecule has 4 aromatic rings. The van der Waals surface area contributed by atoms with Gasteiger partial charge in [0.1, 0.15) is 0 Å². The van der Waals surface area contributed by atoms with E-state index in [-0.39, 0.29) is 36.4 Å². The Balaban J connectivity index is 0.000000228. The van der Waals surface area contributed by atoms with Crippen LogP contribution in [0.25, 0.3) is 11.3 Å². The van der Waals surface area contributed by atoms with Crippen molar-refractivity contribution >= 4 is 17.1 Å². The summed E-state index contributed by atoms with van der Waals surface area (Å²) in [6, 6.07) is 30.6. The van der Waals surface area contributed by atoms with E-state index < -0.39 is 0 Å². The van der Waals surface area contributed by atoms with Crippen LogP contribution in [-0.4, -0.2) is 11.0 Å². The van der Waals surface area contributed by atoms with Crippen molar-refractivity contribution in [2.75, 3.05) is 9.80 Å². The van der Waals surface area contributed by atoms with Crippen LogP contribution >= 0.6 is 0 Å². The van der Waals surface area contributed by atoms with E-state index in [1.807, 2.05) is 42.5 Å². The number of para-hydroxylation sites is 1. The molecular weight excluding hydrogens is 691 g/mol. The summed E-state index contributed by atoms with van der Waals surface area (Å²) in [5.41, 5.74) is 12.0. The molecule has 0 saturated heterocycles. The van der Waals surface area contributed by atoms with Crippen molar-refractivity contribution in [2.45, 2.75) is 90.5 Å². The molecule has 3 aromatic carbocycles. The van der Waals surface area contributed by atoms with Gasteiger partial charge < -0.3 is 14.8 Å². The number of hydrogen-bond acceptors (Lipinski definition) is 3. The fourth-order valence-electron chi connectivity index (χ4n) is 6.70. The molecule has 42 heavy (non-hydrogen) atoms. The third-order valence-corrected chi connectivity index (χ3v) is 9.40. The summed E-state index contributed by atoms with van der Waals surface area (Å²) in [6.45, 7) is 21.2. The van der Waals surface area contributed by atoms with Gasteiger partial charge in [-0.1, -0.05) is 83.3 Å². The second-order valence-electron chi connectivity index (χ2n) is 13.9. The van der Waals surface area contributed by atoms with Gasteiger partial charge in [0.05, 0.1) is 0 Å². The van der Waals surface area contributed by atoms with Gasteiger partial charge in [-0.05, 0) is 60.5 Å². The Morgan fingerprint density at radius 1 is 0.833 bits per heavy atom. The zero-order chi connectivity index (χ0) is 29.2. The van der Waals surface area contributed by atoms with Crippen LogP contribution in [0, 0.1) is 18.8 Å². The molecule has 2 aliphatic heterocycles. The molecule has 0 atom stereocenters. The summed E-state index contributed by atoms with van der Waals surface area (Å²) in [5.74, 6) is 0. The van der Waals surface area contributed by atoms with E-state index in [0.717, 1.165) is 11.3 Å².